The monoisotopic (exact) mass is 470 g/mol. The maximum Gasteiger partial charge on any atom is 0.262 e. The van der Waals surface area contributed by atoms with Crippen LogP contribution in [0.15, 0.2) is 40.5 Å². The van der Waals surface area contributed by atoms with Crippen LogP contribution in [0.3, 0.4) is 0 Å². The zero-order valence-electron chi connectivity index (χ0n) is 19.3. The van der Waals surface area contributed by atoms with Gasteiger partial charge in [0.15, 0.2) is 11.5 Å². The SMILES string of the molecule is CCCCCCOc1ccc(/C=N\NC(=O)Cn2cnc3sc(CC)cc3c2=O)cc1OC. The maximum absolute atomic E-state index is 12.6. The first-order valence-electron chi connectivity index (χ1n) is 11.2. The molecule has 8 nitrogen and oxygen atoms in total. The Labute approximate surface area is 197 Å². The van der Waals surface area contributed by atoms with E-state index in [1.165, 1.54) is 41.3 Å². The number of hydrazone groups is 1. The number of carbonyl (C=O) groups is 1. The van der Waals surface area contributed by atoms with Crippen LogP contribution in [0.1, 0.15) is 50.0 Å². The second-order valence-corrected chi connectivity index (χ2v) is 8.69. The van der Waals surface area contributed by atoms with Crippen LogP contribution in [0.25, 0.3) is 10.2 Å². The van der Waals surface area contributed by atoms with Crippen molar-refractivity contribution < 1.29 is 14.3 Å². The van der Waals surface area contributed by atoms with E-state index in [9.17, 15) is 9.59 Å². The smallest absolute Gasteiger partial charge is 0.262 e. The zero-order valence-corrected chi connectivity index (χ0v) is 20.1. The van der Waals surface area contributed by atoms with Crippen LogP contribution in [-0.4, -0.2) is 35.4 Å². The number of fused-ring (bicyclic) bond motifs is 1. The minimum Gasteiger partial charge on any atom is -0.493 e. The Morgan fingerprint density at radius 1 is 1.21 bits per heavy atom. The molecule has 1 aromatic carbocycles. The molecule has 0 bridgehead atoms. The van der Waals surface area contributed by atoms with Crippen LogP contribution in [0.2, 0.25) is 0 Å². The lowest BCUT2D eigenvalue weighted by Gasteiger charge is -2.11. The molecule has 2 heterocycles. The van der Waals surface area contributed by atoms with Crippen molar-refractivity contribution in [1.82, 2.24) is 15.0 Å². The summed E-state index contributed by atoms with van der Waals surface area (Å²) in [7, 11) is 1.58. The van der Waals surface area contributed by atoms with Crippen LogP contribution in [-0.2, 0) is 17.8 Å². The van der Waals surface area contributed by atoms with Gasteiger partial charge in [0, 0.05) is 4.88 Å². The summed E-state index contributed by atoms with van der Waals surface area (Å²) in [5, 5.41) is 4.53. The lowest BCUT2D eigenvalue weighted by atomic mass is 10.2. The quantitative estimate of drug-likeness (QED) is 0.244. The lowest BCUT2D eigenvalue weighted by Crippen LogP contribution is -2.29. The predicted molar refractivity (Wildman–Crippen MR) is 132 cm³/mol. The summed E-state index contributed by atoms with van der Waals surface area (Å²) in [6.45, 7) is 4.68. The minimum absolute atomic E-state index is 0.162. The van der Waals surface area contributed by atoms with E-state index < -0.39 is 5.91 Å². The third kappa shape index (κ3) is 6.64. The molecule has 0 atom stereocenters. The van der Waals surface area contributed by atoms with E-state index in [-0.39, 0.29) is 12.1 Å². The van der Waals surface area contributed by atoms with Crippen LogP contribution in [0.4, 0.5) is 0 Å². The molecule has 9 heteroatoms. The summed E-state index contributed by atoms with van der Waals surface area (Å²) in [5.41, 5.74) is 2.97. The first-order valence-corrected chi connectivity index (χ1v) is 12.0. The van der Waals surface area contributed by atoms with Crippen LogP contribution in [0, 0.1) is 0 Å². The van der Waals surface area contributed by atoms with Gasteiger partial charge >= 0.3 is 0 Å². The van der Waals surface area contributed by atoms with Gasteiger partial charge in [-0.2, -0.15) is 5.10 Å². The molecular formula is C24H30N4O4S. The zero-order chi connectivity index (χ0) is 23.6. The van der Waals surface area contributed by atoms with E-state index in [1.807, 2.05) is 25.1 Å². The summed E-state index contributed by atoms with van der Waals surface area (Å²) >= 11 is 1.49. The second-order valence-electron chi connectivity index (χ2n) is 7.58. The van der Waals surface area contributed by atoms with Gasteiger partial charge in [-0.3, -0.25) is 14.2 Å². The summed E-state index contributed by atoms with van der Waals surface area (Å²) in [6.07, 6.45) is 8.29. The number of thiophene rings is 1. The topological polar surface area (TPSA) is 94.8 Å². The van der Waals surface area contributed by atoms with Gasteiger partial charge in [0.25, 0.3) is 11.5 Å². The van der Waals surface area contributed by atoms with Crippen molar-refractivity contribution in [2.24, 2.45) is 5.10 Å². The van der Waals surface area contributed by atoms with Crippen molar-refractivity contribution in [1.29, 1.82) is 0 Å². The van der Waals surface area contributed by atoms with Crippen molar-refractivity contribution in [3.63, 3.8) is 0 Å². The molecule has 1 N–H and O–H groups in total. The van der Waals surface area contributed by atoms with Gasteiger partial charge in [-0.1, -0.05) is 33.1 Å². The van der Waals surface area contributed by atoms with Gasteiger partial charge in [-0.25, -0.2) is 10.4 Å². The van der Waals surface area contributed by atoms with E-state index >= 15 is 0 Å². The van der Waals surface area contributed by atoms with E-state index in [1.54, 1.807) is 13.2 Å². The van der Waals surface area contributed by atoms with Crippen molar-refractivity contribution in [3.8, 4) is 11.5 Å². The molecule has 0 saturated heterocycles. The Morgan fingerprint density at radius 3 is 2.82 bits per heavy atom. The molecule has 176 valence electrons. The van der Waals surface area contributed by atoms with Crippen molar-refractivity contribution >= 4 is 33.7 Å². The number of unbranched alkanes of at least 4 members (excludes halogenated alkanes) is 3. The minimum atomic E-state index is -0.417. The molecule has 0 aliphatic rings. The Kier molecular flexibility index (Phi) is 9.00. The number of amides is 1. The summed E-state index contributed by atoms with van der Waals surface area (Å²) in [4.78, 5) is 30.9. The van der Waals surface area contributed by atoms with Gasteiger partial charge in [-0.15, -0.1) is 11.3 Å². The predicted octanol–water partition coefficient (Wildman–Crippen LogP) is 4.14. The number of rotatable bonds is 12. The molecule has 0 unspecified atom stereocenters. The highest BCUT2D eigenvalue weighted by Gasteiger charge is 2.11. The van der Waals surface area contributed by atoms with Crippen molar-refractivity contribution in [2.45, 2.75) is 52.5 Å². The molecule has 0 spiro atoms. The Morgan fingerprint density at radius 2 is 2.06 bits per heavy atom. The fraction of sp³-hybridized carbons (Fsp3) is 0.417. The molecule has 0 saturated carbocycles. The lowest BCUT2D eigenvalue weighted by molar-refractivity contribution is -0.121. The number of hydrogen-bond acceptors (Lipinski definition) is 7. The Hall–Kier alpha value is -3.20. The van der Waals surface area contributed by atoms with E-state index in [0.29, 0.717) is 28.3 Å². The van der Waals surface area contributed by atoms with Gasteiger partial charge in [0.05, 0.1) is 31.6 Å². The fourth-order valence-corrected chi connectivity index (χ4v) is 4.19. The van der Waals surface area contributed by atoms with Crippen molar-refractivity contribution in [3.05, 3.63) is 51.4 Å². The number of aryl methyl sites for hydroxylation is 1. The Balaban J connectivity index is 1.57. The average molecular weight is 471 g/mol. The molecule has 0 aliphatic carbocycles. The number of hydrogen-bond donors (Lipinski definition) is 1. The average Bonchev–Trinajstić information content (AvgIpc) is 3.26. The third-order valence-corrected chi connectivity index (χ3v) is 6.26. The Bertz CT molecular complexity index is 1170. The molecule has 0 aliphatic heterocycles. The normalized spacial score (nSPS) is 11.2. The number of nitrogens with zero attached hydrogens (tertiary/aromatic N) is 3. The highest BCUT2D eigenvalue weighted by molar-refractivity contribution is 7.18. The molecule has 2 aromatic heterocycles. The van der Waals surface area contributed by atoms with Gasteiger partial charge < -0.3 is 9.47 Å². The number of methoxy groups -OCH3 is 1. The first-order chi connectivity index (χ1) is 16.0. The van der Waals surface area contributed by atoms with E-state index in [0.717, 1.165) is 29.7 Å². The molecule has 0 fully saturated rings. The van der Waals surface area contributed by atoms with Gasteiger partial charge in [0.2, 0.25) is 0 Å². The highest BCUT2D eigenvalue weighted by Crippen LogP contribution is 2.27. The fourth-order valence-electron chi connectivity index (χ4n) is 3.26. The number of carbonyl (C=O) groups excluding carboxylic acids is 1. The van der Waals surface area contributed by atoms with Crippen molar-refractivity contribution in [2.75, 3.05) is 13.7 Å². The molecule has 3 rings (SSSR count). The number of aromatic nitrogens is 2. The molecule has 33 heavy (non-hydrogen) atoms. The van der Waals surface area contributed by atoms with Crippen LogP contribution < -0.4 is 20.5 Å². The second kappa shape index (κ2) is 12.2. The van der Waals surface area contributed by atoms with Crippen LogP contribution in [0.5, 0.6) is 11.5 Å². The summed E-state index contributed by atoms with van der Waals surface area (Å²) in [5.74, 6) is 0.866. The number of ether oxygens (including phenoxy) is 2. The standard InChI is InChI=1S/C24H30N4O4S/c1-4-6-7-8-11-32-20-10-9-17(12-21(20)31-3)14-26-27-22(29)15-28-16-25-23-19(24(28)30)13-18(5-2)33-23/h9-10,12-14,16H,4-8,11,15H2,1-3H3,(H,27,29)/b26-14-. The van der Waals surface area contributed by atoms with Gasteiger partial charge in [0.1, 0.15) is 11.4 Å². The molecule has 3 aromatic rings. The van der Waals surface area contributed by atoms with Crippen LogP contribution >= 0.6 is 11.3 Å². The van der Waals surface area contributed by atoms with E-state index in [2.05, 4.69) is 22.4 Å². The summed E-state index contributed by atoms with van der Waals surface area (Å²) < 4.78 is 12.5. The van der Waals surface area contributed by atoms with E-state index in [4.69, 9.17) is 9.47 Å². The van der Waals surface area contributed by atoms with Gasteiger partial charge in [-0.05, 0) is 42.7 Å². The number of nitrogens with one attached hydrogen (secondary N) is 1. The molecule has 1 amide bonds. The number of benzene rings is 1. The largest absolute Gasteiger partial charge is 0.493 e. The highest BCUT2D eigenvalue weighted by atomic mass is 32.1. The summed E-state index contributed by atoms with van der Waals surface area (Å²) in [6, 6.07) is 7.30. The third-order valence-electron chi connectivity index (χ3n) is 5.08. The maximum atomic E-state index is 12.6. The first kappa shape index (κ1) is 24.4. The molecular weight excluding hydrogens is 440 g/mol. The molecule has 0 radical (unpaired) electrons.